The summed E-state index contributed by atoms with van der Waals surface area (Å²) in [6.07, 6.45) is 0. The van der Waals surface area contributed by atoms with E-state index in [-0.39, 0.29) is 6.54 Å². The van der Waals surface area contributed by atoms with Crippen LogP contribution in [-0.2, 0) is 4.79 Å². The Kier molecular flexibility index (Phi) is 6.12. The van der Waals surface area contributed by atoms with Crippen LogP contribution in [0.3, 0.4) is 0 Å². The first-order valence-corrected chi connectivity index (χ1v) is 6.71. The highest BCUT2D eigenvalue weighted by molar-refractivity contribution is 7.99. The molecule has 0 saturated carbocycles. The maximum Gasteiger partial charge on any atom is 0.317 e. The molecule has 1 N–H and O–H groups in total. The molecule has 6 heteroatoms. The third kappa shape index (κ3) is 5.64. The van der Waals surface area contributed by atoms with Crippen molar-refractivity contribution in [2.45, 2.75) is 4.90 Å². The molecule has 0 fully saturated rings. The number of halogens is 2. The molecule has 0 aliphatic rings. The lowest BCUT2D eigenvalue weighted by atomic mass is 10.4. The fourth-order valence-electron chi connectivity index (χ4n) is 1.21. The van der Waals surface area contributed by atoms with Gasteiger partial charge in [0.05, 0.1) is 11.6 Å². The number of benzene rings is 1. The van der Waals surface area contributed by atoms with Crippen LogP contribution in [0.15, 0.2) is 23.1 Å². The number of thioether (sulfide) groups is 1. The molecule has 94 valence electrons. The summed E-state index contributed by atoms with van der Waals surface area (Å²) in [5, 5.41) is 9.91. The van der Waals surface area contributed by atoms with E-state index in [1.807, 2.05) is 6.07 Å². The maximum absolute atomic E-state index is 10.5. The summed E-state index contributed by atoms with van der Waals surface area (Å²) in [5.74, 6) is -0.0533. The Bertz CT molecular complexity index is 401. The third-order valence-electron chi connectivity index (χ3n) is 2.03. The van der Waals surface area contributed by atoms with Gasteiger partial charge >= 0.3 is 5.97 Å². The Balaban J connectivity index is 2.40. The van der Waals surface area contributed by atoms with Crippen LogP contribution in [0.2, 0.25) is 10.0 Å². The molecule has 1 rings (SSSR count). The van der Waals surface area contributed by atoms with Crippen LogP contribution in [0, 0.1) is 0 Å². The lowest BCUT2D eigenvalue weighted by molar-refractivity contribution is -0.137. The SMILES string of the molecule is CN(CCSc1cc(Cl)ccc1Cl)CC(=O)O. The van der Waals surface area contributed by atoms with E-state index in [4.69, 9.17) is 28.3 Å². The first-order valence-electron chi connectivity index (χ1n) is 4.97. The van der Waals surface area contributed by atoms with Crippen LogP contribution in [0.5, 0.6) is 0 Å². The highest BCUT2D eigenvalue weighted by Crippen LogP contribution is 2.29. The van der Waals surface area contributed by atoms with Gasteiger partial charge in [0.25, 0.3) is 0 Å². The molecule has 0 radical (unpaired) electrons. The van der Waals surface area contributed by atoms with Crippen molar-refractivity contribution in [3.05, 3.63) is 28.2 Å². The smallest absolute Gasteiger partial charge is 0.317 e. The highest BCUT2D eigenvalue weighted by Gasteiger charge is 2.06. The molecule has 17 heavy (non-hydrogen) atoms. The Morgan fingerprint density at radius 3 is 2.82 bits per heavy atom. The van der Waals surface area contributed by atoms with Crippen molar-refractivity contribution in [3.63, 3.8) is 0 Å². The van der Waals surface area contributed by atoms with Gasteiger partial charge in [-0.1, -0.05) is 23.2 Å². The van der Waals surface area contributed by atoms with E-state index < -0.39 is 5.97 Å². The standard InChI is InChI=1S/C11H13Cl2NO2S/c1-14(7-11(15)16)4-5-17-10-6-8(12)2-3-9(10)13/h2-3,6H,4-5,7H2,1H3,(H,15,16). The largest absolute Gasteiger partial charge is 0.480 e. The number of carboxylic acids is 1. The molecule has 0 aliphatic carbocycles. The average molecular weight is 294 g/mol. The van der Waals surface area contributed by atoms with Gasteiger partial charge in [0, 0.05) is 22.2 Å². The fourth-order valence-corrected chi connectivity index (χ4v) is 2.77. The molecule has 0 bridgehead atoms. The summed E-state index contributed by atoms with van der Waals surface area (Å²) in [7, 11) is 1.77. The average Bonchev–Trinajstić information content (AvgIpc) is 2.22. The highest BCUT2D eigenvalue weighted by atomic mass is 35.5. The molecule has 1 aromatic rings. The number of likely N-dealkylation sites (N-methyl/N-ethyl adjacent to an activating group) is 1. The van der Waals surface area contributed by atoms with E-state index >= 15 is 0 Å². The fraction of sp³-hybridized carbons (Fsp3) is 0.364. The zero-order valence-electron chi connectivity index (χ0n) is 9.32. The molecule has 0 aromatic heterocycles. The van der Waals surface area contributed by atoms with Crippen molar-refractivity contribution in [3.8, 4) is 0 Å². The van der Waals surface area contributed by atoms with Crippen molar-refractivity contribution >= 4 is 40.9 Å². The normalized spacial score (nSPS) is 10.8. The molecule has 0 atom stereocenters. The molecule has 0 unspecified atom stereocenters. The number of nitrogens with zero attached hydrogens (tertiary/aromatic N) is 1. The zero-order chi connectivity index (χ0) is 12.8. The molecular weight excluding hydrogens is 281 g/mol. The number of hydrogen-bond acceptors (Lipinski definition) is 3. The summed E-state index contributed by atoms with van der Waals surface area (Å²) in [6, 6.07) is 5.31. The first-order chi connectivity index (χ1) is 7.99. The summed E-state index contributed by atoms with van der Waals surface area (Å²) < 4.78 is 0. The van der Waals surface area contributed by atoms with Crippen molar-refractivity contribution < 1.29 is 9.90 Å². The monoisotopic (exact) mass is 293 g/mol. The van der Waals surface area contributed by atoms with E-state index in [9.17, 15) is 4.79 Å². The predicted molar refractivity (Wildman–Crippen MR) is 72.3 cm³/mol. The van der Waals surface area contributed by atoms with Crippen LogP contribution in [0.4, 0.5) is 0 Å². The second-order valence-electron chi connectivity index (χ2n) is 3.55. The molecule has 0 heterocycles. The van der Waals surface area contributed by atoms with Crippen molar-refractivity contribution in [2.75, 3.05) is 25.9 Å². The minimum Gasteiger partial charge on any atom is -0.480 e. The minimum absolute atomic E-state index is 0.0455. The zero-order valence-corrected chi connectivity index (χ0v) is 11.6. The number of hydrogen-bond donors (Lipinski definition) is 1. The van der Waals surface area contributed by atoms with E-state index in [1.165, 1.54) is 0 Å². The summed E-state index contributed by atoms with van der Waals surface area (Å²) >= 11 is 13.4. The van der Waals surface area contributed by atoms with Crippen molar-refractivity contribution in [1.82, 2.24) is 4.90 Å². The second-order valence-corrected chi connectivity index (χ2v) is 5.54. The molecular formula is C11H13Cl2NO2S. The van der Waals surface area contributed by atoms with Crippen LogP contribution >= 0.6 is 35.0 Å². The topological polar surface area (TPSA) is 40.5 Å². The Labute approximate surface area is 115 Å². The van der Waals surface area contributed by atoms with Crippen LogP contribution in [0.25, 0.3) is 0 Å². The Morgan fingerprint density at radius 1 is 1.47 bits per heavy atom. The summed E-state index contributed by atoms with van der Waals surface area (Å²) in [4.78, 5) is 13.1. The lowest BCUT2D eigenvalue weighted by Crippen LogP contribution is -2.27. The quantitative estimate of drug-likeness (QED) is 0.818. The van der Waals surface area contributed by atoms with Gasteiger partial charge in [-0.05, 0) is 25.2 Å². The molecule has 0 aliphatic heterocycles. The molecule has 0 spiro atoms. The van der Waals surface area contributed by atoms with Gasteiger partial charge in [-0.2, -0.15) is 0 Å². The number of rotatable bonds is 6. The molecule has 3 nitrogen and oxygen atoms in total. The van der Waals surface area contributed by atoms with Crippen molar-refractivity contribution in [1.29, 1.82) is 0 Å². The van der Waals surface area contributed by atoms with Gasteiger partial charge in [0.2, 0.25) is 0 Å². The number of carbonyl (C=O) groups is 1. The summed E-state index contributed by atoms with van der Waals surface area (Å²) in [5.41, 5.74) is 0. The van der Waals surface area contributed by atoms with Crippen LogP contribution in [0.1, 0.15) is 0 Å². The van der Waals surface area contributed by atoms with Crippen molar-refractivity contribution in [2.24, 2.45) is 0 Å². The van der Waals surface area contributed by atoms with E-state index in [2.05, 4.69) is 0 Å². The molecule has 1 aromatic carbocycles. The minimum atomic E-state index is -0.821. The van der Waals surface area contributed by atoms with Gasteiger partial charge < -0.3 is 5.11 Å². The van der Waals surface area contributed by atoms with Gasteiger partial charge in [-0.3, -0.25) is 9.69 Å². The number of aliphatic carboxylic acids is 1. The van der Waals surface area contributed by atoms with E-state index in [1.54, 1.807) is 35.8 Å². The van der Waals surface area contributed by atoms with Gasteiger partial charge in [-0.25, -0.2) is 0 Å². The summed E-state index contributed by atoms with van der Waals surface area (Å²) in [6.45, 7) is 0.726. The second kappa shape index (κ2) is 7.11. The van der Waals surface area contributed by atoms with E-state index in [0.717, 1.165) is 10.6 Å². The Hall–Kier alpha value is -0.420. The third-order valence-corrected chi connectivity index (χ3v) is 3.74. The Morgan fingerprint density at radius 2 is 2.18 bits per heavy atom. The predicted octanol–water partition coefficient (Wildman–Crippen LogP) is 3.10. The molecule has 0 saturated heterocycles. The van der Waals surface area contributed by atoms with Gasteiger partial charge in [-0.15, -0.1) is 11.8 Å². The van der Waals surface area contributed by atoms with Crippen LogP contribution in [-0.4, -0.2) is 41.9 Å². The number of carboxylic acid groups (broad SMARTS) is 1. The van der Waals surface area contributed by atoms with E-state index in [0.29, 0.717) is 16.6 Å². The van der Waals surface area contributed by atoms with Gasteiger partial charge in [0.1, 0.15) is 0 Å². The van der Waals surface area contributed by atoms with Gasteiger partial charge in [0.15, 0.2) is 0 Å². The maximum atomic E-state index is 10.5. The lowest BCUT2D eigenvalue weighted by Gasteiger charge is -2.13. The first kappa shape index (κ1) is 14.6. The molecule has 0 amide bonds. The van der Waals surface area contributed by atoms with Crippen LogP contribution < -0.4 is 0 Å².